The molecule has 0 saturated carbocycles. The molecule has 3 heterocycles. The fraction of sp³-hybridized carbons (Fsp3) is 0.548. The fourth-order valence-electron chi connectivity index (χ4n) is 5.16. The van der Waals surface area contributed by atoms with E-state index < -0.39 is 18.1 Å². The second-order valence-electron chi connectivity index (χ2n) is 11.1. The third kappa shape index (κ3) is 7.76. The number of rotatable bonds is 14. The van der Waals surface area contributed by atoms with Crippen molar-refractivity contribution in [1.29, 1.82) is 0 Å². The van der Waals surface area contributed by atoms with Crippen LogP contribution >= 0.6 is 11.3 Å². The summed E-state index contributed by atoms with van der Waals surface area (Å²) in [6.45, 7) is 11.6. The normalized spacial score (nSPS) is 17.5. The number of unbranched alkanes of at least 4 members (excludes halogenated alkanes) is 1. The number of nitrogens with one attached hydrogen (secondary N) is 1. The maximum absolute atomic E-state index is 13.7. The van der Waals surface area contributed by atoms with Crippen LogP contribution in [0.15, 0.2) is 34.3 Å². The van der Waals surface area contributed by atoms with Crippen LogP contribution in [0.4, 0.5) is 0 Å². The Morgan fingerprint density at radius 2 is 2.02 bits per heavy atom. The van der Waals surface area contributed by atoms with Gasteiger partial charge in [0.1, 0.15) is 30.1 Å². The van der Waals surface area contributed by atoms with E-state index in [0.29, 0.717) is 37.0 Å². The van der Waals surface area contributed by atoms with Crippen molar-refractivity contribution >= 4 is 23.2 Å². The molecule has 4 rings (SSSR count). The molecule has 1 aliphatic rings. The summed E-state index contributed by atoms with van der Waals surface area (Å²) in [6.07, 6.45) is 1.45. The Morgan fingerprint density at radius 1 is 1.21 bits per heavy atom. The Kier molecular flexibility index (Phi) is 11.1. The van der Waals surface area contributed by atoms with Gasteiger partial charge in [0, 0.05) is 37.7 Å². The number of carbonyl (C=O) groups is 2. The Balaban J connectivity index is 1.47. The zero-order valence-electron chi connectivity index (χ0n) is 25.1. The molecule has 0 unspecified atom stereocenters. The highest BCUT2D eigenvalue weighted by atomic mass is 32.1. The first-order valence-corrected chi connectivity index (χ1v) is 15.5. The third-order valence-corrected chi connectivity index (χ3v) is 8.38. The predicted molar refractivity (Wildman–Crippen MR) is 160 cm³/mol. The molecular weight excluding hydrogens is 556 g/mol. The van der Waals surface area contributed by atoms with E-state index in [1.807, 2.05) is 44.5 Å². The largest absolute Gasteiger partial charge is 0.491 e. The molecule has 228 valence electrons. The van der Waals surface area contributed by atoms with Crippen LogP contribution in [0.25, 0.3) is 10.4 Å². The lowest BCUT2D eigenvalue weighted by Gasteiger charge is -2.28. The monoisotopic (exact) mass is 598 g/mol. The molecule has 42 heavy (non-hydrogen) atoms. The molecule has 2 N–H and O–H groups in total. The van der Waals surface area contributed by atoms with Crippen LogP contribution in [-0.4, -0.2) is 70.5 Å². The summed E-state index contributed by atoms with van der Waals surface area (Å²) in [5.41, 5.74) is 5.24. The second-order valence-corrected chi connectivity index (χ2v) is 12.0. The molecule has 3 aromatic rings. The lowest BCUT2D eigenvalue weighted by molar-refractivity contribution is -0.141. The Hall–Kier alpha value is -3.28. The van der Waals surface area contributed by atoms with Crippen LogP contribution in [0.3, 0.4) is 0 Å². The minimum Gasteiger partial charge on any atom is -0.491 e. The van der Waals surface area contributed by atoms with Gasteiger partial charge < -0.3 is 29.3 Å². The van der Waals surface area contributed by atoms with Gasteiger partial charge in [-0.15, -0.1) is 11.3 Å². The van der Waals surface area contributed by atoms with Crippen LogP contribution in [0.5, 0.6) is 5.75 Å². The van der Waals surface area contributed by atoms with Gasteiger partial charge in [0.15, 0.2) is 0 Å². The van der Waals surface area contributed by atoms with Crippen molar-refractivity contribution in [3.8, 4) is 16.2 Å². The minimum atomic E-state index is -0.798. The number of β-amino-alcohol motifs (C(OH)–C–C–N with tert-alkyl or cyclic N) is 1. The van der Waals surface area contributed by atoms with Crippen molar-refractivity contribution in [3.05, 3.63) is 52.5 Å². The molecule has 1 saturated heterocycles. The lowest BCUT2D eigenvalue weighted by atomic mass is 9.91. The quantitative estimate of drug-likeness (QED) is 0.257. The number of ether oxygens (including phenoxy) is 2. The van der Waals surface area contributed by atoms with Crippen LogP contribution in [-0.2, 0) is 20.9 Å². The first-order chi connectivity index (χ1) is 20.2. The highest BCUT2D eigenvalue weighted by Crippen LogP contribution is 2.33. The standard InChI is InChI=1S/C31H42N4O6S/c1-6-7-10-39-11-12-40-26-14-22(29-21(5)33-18-42-29)8-9-23(26)16-32-30(37)25-15-24(36)17-35(25)31(38)28(19(2)3)27-13-20(4)34-41-27/h8-9,13-14,18-19,24-25,28,36H,6-7,10-12,15-17H2,1-5H3,(H,32,37)/t24-,25+,28-/m1/s1. The van der Waals surface area contributed by atoms with Crippen LogP contribution in [0.1, 0.15) is 68.7 Å². The zero-order chi connectivity index (χ0) is 30.2. The van der Waals surface area contributed by atoms with Gasteiger partial charge in [0.25, 0.3) is 0 Å². The highest BCUT2D eigenvalue weighted by molar-refractivity contribution is 7.13. The number of amides is 2. The van der Waals surface area contributed by atoms with Gasteiger partial charge in [0.05, 0.1) is 34.5 Å². The summed E-state index contributed by atoms with van der Waals surface area (Å²) in [4.78, 5) is 34.0. The highest BCUT2D eigenvalue weighted by Gasteiger charge is 2.43. The number of hydrogen-bond acceptors (Lipinski definition) is 9. The SMILES string of the molecule is CCCCOCCOc1cc(-c2scnc2C)ccc1CNC(=O)[C@@H]1C[C@@H](O)CN1C(=O)[C@@H](c1cc(C)no1)C(C)C. The summed E-state index contributed by atoms with van der Waals surface area (Å²) in [5, 5.41) is 17.4. The number of nitrogens with zero attached hydrogens (tertiary/aromatic N) is 3. The van der Waals surface area contributed by atoms with Gasteiger partial charge in [-0.05, 0) is 37.8 Å². The minimum absolute atomic E-state index is 0.0855. The maximum Gasteiger partial charge on any atom is 0.243 e. The summed E-state index contributed by atoms with van der Waals surface area (Å²) in [6, 6.07) is 6.85. The molecule has 0 bridgehead atoms. The molecule has 1 aliphatic heterocycles. The van der Waals surface area contributed by atoms with E-state index >= 15 is 0 Å². The van der Waals surface area contributed by atoms with Crippen molar-refractivity contribution in [1.82, 2.24) is 20.4 Å². The van der Waals surface area contributed by atoms with E-state index in [-0.39, 0.29) is 37.2 Å². The summed E-state index contributed by atoms with van der Waals surface area (Å²) in [7, 11) is 0. The number of aryl methyl sites for hydroxylation is 2. The molecule has 0 aliphatic carbocycles. The number of hydrogen-bond donors (Lipinski definition) is 2. The molecular formula is C31H42N4O6S. The Labute approximate surface area is 251 Å². The first-order valence-electron chi connectivity index (χ1n) is 14.6. The van der Waals surface area contributed by atoms with Crippen molar-refractivity contribution in [2.45, 2.75) is 78.5 Å². The van der Waals surface area contributed by atoms with Gasteiger partial charge in [-0.2, -0.15) is 0 Å². The maximum atomic E-state index is 13.7. The van der Waals surface area contributed by atoms with Crippen LogP contribution < -0.4 is 10.1 Å². The number of benzene rings is 1. The average molecular weight is 599 g/mol. The summed E-state index contributed by atoms with van der Waals surface area (Å²) in [5.74, 6) is -0.155. The first kappa shape index (κ1) is 31.7. The van der Waals surface area contributed by atoms with E-state index in [9.17, 15) is 14.7 Å². The van der Waals surface area contributed by atoms with Crippen LogP contribution in [0, 0.1) is 19.8 Å². The molecule has 0 radical (unpaired) electrons. The van der Waals surface area contributed by atoms with Crippen molar-refractivity contribution in [2.24, 2.45) is 5.92 Å². The van der Waals surface area contributed by atoms with Gasteiger partial charge in [-0.25, -0.2) is 4.98 Å². The number of aromatic nitrogens is 2. The van der Waals surface area contributed by atoms with Crippen LogP contribution in [0.2, 0.25) is 0 Å². The average Bonchev–Trinajstić information content (AvgIpc) is 3.69. The van der Waals surface area contributed by atoms with Gasteiger partial charge in [0.2, 0.25) is 11.8 Å². The van der Waals surface area contributed by atoms with Gasteiger partial charge >= 0.3 is 0 Å². The molecule has 1 fully saturated rings. The van der Waals surface area contributed by atoms with E-state index in [1.54, 1.807) is 24.3 Å². The predicted octanol–water partition coefficient (Wildman–Crippen LogP) is 4.63. The Bertz CT molecular complexity index is 1340. The number of aliphatic hydroxyl groups excluding tert-OH is 1. The van der Waals surface area contributed by atoms with Gasteiger partial charge in [-0.3, -0.25) is 9.59 Å². The molecule has 1 aromatic carbocycles. The smallest absolute Gasteiger partial charge is 0.243 e. The van der Waals surface area contributed by atoms with Crippen molar-refractivity contribution in [2.75, 3.05) is 26.4 Å². The summed E-state index contributed by atoms with van der Waals surface area (Å²) >= 11 is 1.56. The number of aliphatic hydroxyl groups is 1. The molecule has 2 aromatic heterocycles. The zero-order valence-corrected chi connectivity index (χ0v) is 25.9. The number of thiazole rings is 1. The van der Waals surface area contributed by atoms with E-state index in [2.05, 4.69) is 22.4 Å². The fourth-order valence-corrected chi connectivity index (χ4v) is 5.97. The Morgan fingerprint density at radius 3 is 2.69 bits per heavy atom. The molecule has 3 atom stereocenters. The van der Waals surface area contributed by atoms with E-state index in [1.165, 1.54) is 4.90 Å². The van der Waals surface area contributed by atoms with Gasteiger partial charge in [-0.1, -0.05) is 44.5 Å². The van der Waals surface area contributed by atoms with E-state index in [0.717, 1.165) is 34.5 Å². The lowest BCUT2D eigenvalue weighted by Crippen LogP contribution is -2.48. The van der Waals surface area contributed by atoms with Crippen molar-refractivity contribution < 1.29 is 28.7 Å². The second kappa shape index (κ2) is 14.8. The third-order valence-electron chi connectivity index (χ3n) is 7.41. The topological polar surface area (TPSA) is 127 Å². The molecule has 2 amide bonds. The molecule has 0 spiro atoms. The molecule has 11 heteroatoms. The van der Waals surface area contributed by atoms with E-state index in [4.69, 9.17) is 14.0 Å². The number of likely N-dealkylation sites (tertiary alicyclic amines) is 1. The number of carbonyl (C=O) groups excluding carboxylic acids is 2. The molecule has 10 nitrogen and oxygen atoms in total. The summed E-state index contributed by atoms with van der Waals surface area (Å²) < 4.78 is 17.2. The van der Waals surface area contributed by atoms with Crippen molar-refractivity contribution in [3.63, 3.8) is 0 Å².